The van der Waals surface area contributed by atoms with Crippen molar-refractivity contribution < 1.29 is 22.7 Å². The van der Waals surface area contributed by atoms with Gasteiger partial charge in [0.2, 0.25) is 16.8 Å². The first-order valence-corrected chi connectivity index (χ1v) is 10.7. The van der Waals surface area contributed by atoms with Crippen LogP contribution in [0.4, 0.5) is 0 Å². The third kappa shape index (κ3) is 3.57. The van der Waals surface area contributed by atoms with Gasteiger partial charge in [-0.2, -0.15) is 4.31 Å². The van der Waals surface area contributed by atoms with Gasteiger partial charge >= 0.3 is 0 Å². The highest BCUT2D eigenvalue weighted by molar-refractivity contribution is 7.89. The van der Waals surface area contributed by atoms with E-state index >= 15 is 0 Å². The van der Waals surface area contributed by atoms with Crippen LogP contribution in [-0.4, -0.2) is 38.5 Å². The van der Waals surface area contributed by atoms with Crippen LogP contribution in [0.25, 0.3) is 0 Å². The molecular formula is C20H22N2O5S. The maximum atomic E-state index is 12.7. The summed E-state index contributed by atoms with van der Waals surface area (Å²) in [7, 11) is -3.56. The largest absolute Gasteiger partial charge is 0.454 e. The summed E-state index contributed by atoms with van der Waals surface area (Å²) in [4.78, 5) is 12.8. The molecule has 28 heavy (non-hydrogen) atoms. The van der Waals surface area contributed by atoms with E-state index in [0.717, 1.165) is 18.4 Å². The van der Waals surface area contributed by atoms with E-state index < -0.39 is 10.0 Å². The van der Waals surface area contributed by atoms with Crippen molar-refractivity contribution >= 4 is 15.9 Å². The second kappa shape index (κ2) is 7.44. The van der Waals surface area contributed by atoms with Crippen molar-refractivity contribution in [2.45, 2.75) is 30.7 Å². The highest BCUT2D eigenvalue weighted by Gasteiger charge is 2.27. The molecule has 148 valence electrons. The van der Waals surface area contributed by atoms with Gasteiger partial charge in [-0.15, -0.1) is 0 Å². The lowest BCUT2D eigenvalue weighted by Crippen LogP contribution is -2.29. The number of carbonyl (C=O) groups excluding carboxylic acids is 1. The van der Waals surface area contributed by atoms with Crippen molar-refractivity contribution in [3.8, 4) is 11.5 Å². The van der Waals surface area contributed by atoms with Gasteiger partial charge in [-0.25, -0.2) is 8.42 Å². The van der Waals surface area contributed by atoms with Crippen LogP contribution in [0.15, 0.2) is 47.4 Å². The minimum absolute atomic E-state index is 0.151. The summed E-state index contributed by atoms with van der Waals surface area (Å²) >= 11 is 0. The van der Waals surface area contributed by atoms with Crippen LogP contribution < -0.4 is 14.8 Å². The minimum Gasteiger partial charge on any atom is -0.454 e. The number of hydrogen-bond acceptors (Lipinski definition) is 5. The fourth-order valence-corrected chi connectivity index (χ4v) is 4.98. The summed E-state index contributed by atoms with van der Waals surface area (Å²) in [5.41, 5.74) is 1.19. The molecule has 1 fully saturated rings. The molecule has 0 bridgehead atoms. The maximum absolute atomic E-state index is 12.7. The van der Waals surface area contributed by atoms with Gasteiger partial charge in [-0.05, 0) is 55.7 Å². The lowest BCUT2D eigenvalue weighted by atomic mass is 10.1. The van der Waals surface area contributed by atoms with E-state index in [1.807, 2.05) is 25.1 Å². The molecular weight excluding hydrogens is 380 g/mol. The molecule has 4 rings (SSSR count). The maximum Gasteiger partial charge on any atom is 0.251 e. The zero-order valence-corrected chi connectivity index (χ0v) is 16.4. The van der Waals surface area contributed by atoms with Crippen LogP contribution in [0.3, 0.4) is 0 Å². The number of nitrogens with zero attached hydrogens (tertiary/aromatic N) is 1. The molecule has 2 aliphatic heterocycles. The average Bonchev–Trinajstić information content (AvgIpc) is 3.39. The van der Waals surface area contributed by atoms with Gasteiger partial charge in [-0.1, -0.05) is 12.1 Å². The van der Waals surface area contributed by atoms with Crippen LogP contribution in [0.1, 0.15) is 41.7 Å². The van der Waals surface area contributed by atoms with E-state index in [-0.39, 0.29) is 23.6 Å². The summed E-state index contributed by atoms with van der Waals surface area (Å²) < 4.78 is 37.6. The summed E-state index contributed by atoms with van der Waals surface area (Å²) in [6.45, 7) is 3.11. The zero-order valence-electron chi connectivity index (χ0n) is 15.6. The summed E-state index contributed by atoms with van der Waals surface area (Å²) in [6.07, 6.45) is 1.74. The monoisotopic (exact) mass is 402 g/mol. The predicted molar refractivity (Wildman–Crippen MR) is 103 cm³/mol. The molecule has 0 radical (unpaired) electrons. The number of nitrogens with one attached hydrogen (secondary N) is 1. The number of benzene rings is 2. The number of sulfonamides is 1. The van der Waals surface area contributed by atoms with Crippen molar-refractivity contribution in [2.75, 3.05) is 19.9 Å². The Kier molecular flexibility index (Phi) is 4.99. The van der Waals surface area contributed by atoms with Gasteiger partial charge < -0.3 is 14.8 Å². The first-order valence-electron chi connectivity index (χ1n) is 9.26. The summed E-state index contributed by atoms with van der Waals surface area (Å²) in [5.74, 6) is 1.00. The molecule has 1 amide bonds. The molecule has 1 saturated heterocycles. The van der Waals surface area contributed by atoms with Crippen LogP contribution >= 0.6 is 0 Å². The van der Waals surface area contributed by atoms with E-state index in [1.54, 1.807) is 12.1 Å². The zero-order chi connectivity index (χ0) is 19.7. The Morgan fingerprint density at radius 3 is 2.61 bits per heavy atom. The fourth-order valence-electron chi connectivity index (χ4n) is 3.42. The predicted octanol–water partition coefficient (Wildman–Crippen LogP) is 2.69. The van der Waals surface area contributed by atoms with Crippen LogP contribution in [0, 0.1) is 0 Å². The topological polar surface area (TPSA) is 84.9 Å². The number of hydrogen-bond donors (Lipinski definition) is 1. The molecule has 2 aromatic rings. The van der Waals surface area contributed by atoms with E-state index in [2.05, 4.69) is 5.32 Å². The number of ether oxygens (including phenoxy) is 2. The smallest absolute Gasteiger partial charge is 0.251 e. The van der Waals surface area contributed by atoms with Crippen LogP contribution in [0.2, 0.25) is 0 Å². The van der Waals surface area contributed by atoms with Crippen molar-refractivity contribution in [1.82, 2.24) is 9.62 Å². The van der Waals surface area contributed by atoms with E-state index in [0.29, 0.717) is 30.2 Å². The SMILES string of the molecule is CC(NC(=O)c1cccc(S(=O)(=O)N2CCCC2)c1)c1ccc2c(c1)OCO2. The van der Waals surface area contributed by atoms with E-state index in [9.17, 15) is 13.2 Å². The second-order valence-corrected chi connectivity index (χ2v) is 8.88. The molecule has 0 aliphatic carbocycles. The third-order valence-electron chi connectivity index (χ3n) is 5.04. The molecule has 1 unspecified atom stereocenters. The molecule has 2 aromatic carbocycles. The fraction of sp³-hybridized carbons (Fsp3) is 0.350. The summed E-state index contributed by atoms with van der Waals surface area (Å²) in [5, 5.41) is 2.91. The summed E-state index contributed by atoms with van der Waals surface area (Å²) in [6, 6.07) is 11.4. The van der Waals surface area contributed by atoms with Crippen molar-refractivity contribution in [2.24, 2.45) is 0 Å². The number of rotatable bonds is 5. The first-order chi connectivity index (χ1) is 13.4. The Morgan fingerprint density at radius 2 is 1.82 bits per heavy atom. The van der Waals surface area contributed by atoms with Gasteiger partial charge in [0.1, 0.15) is 0 Å². The highest BCUT2D eigenvalue weighted by atomic mass is 32.2. The van der Waals surface area contributed by atoms with Crippen molar-refractivity contribution in [1.29, 1.82) is 0 Å². The molecule has 0 aromatic heterocycles. The van der Waals surface area contributed by atoms with Crippen LogP contribution in [0.5, 0.6) is 11.5 Å². The number of fused-ring (bicyclic) bond motifs is 1. The Morgan fingerprint density at radius 1 is 1.07 bits per heavy atom. The lowest BCUT2D eigenvalue weighted by molar-refractivity contribution is 0.0939. The highest BCUT2D eigenvalue weighted by Crippen LogP contribution is 2.34. The molecule has 1 atom stereocenters. The van der Waals surface area contributed by atoms with Gasteiger partial charge in [0.15, 0.2) is 11.5 Å². The van der Waals surface area contributed by atoms with Crippen molar-refractivity contribution in [3.63, 3.8) is 0 Å². The Balaban J connectivity index is 1.50. The number of carbonyl (C=O) groups is 1. The molecule has 1 N–H and O–H groups in total. The van der Waals surface area contributed by atoms with E-state index in [4.69, 9.17) is 9.47 Å². The normalized spacial score (nSPS) is 17.5. The Hall–Kier alpha value is -2.58. The molecule has 2 heterocycles. The van der Waals surface area contributed by atoms with Crippen molar-refractivity contribution in [3.05, 3.63) is 53.6 Å². The average molecular weight is 402 g/mol. The lowest BCUT2D eigenvalue weighted by Gasteiger charge is -2.17. The standard InChI is InChI=1S/C20H22N2O5S/c1-14(15-7-8-18-19(12-15)27-13-26-18)21-20(23)16-5-4-6-17(11-16)28(24,25)22-9-2-3-10-22/h4-8,11-12,14H,2-3,9-10,13H2,1H3,(H,21,23). The molecule has 8 heteroatoms. The molecule has 0 saturated carbocycles. The molecule has 7 nitrogen and oxygen atoms in total. The minimum atomic E-state index is -3.56. The van der Waals surface area contributed by atoms with Gasteiger partial charge in [-0.3, -0.25) is 4.79 Å². The Labute approximate surface area is 164 Å². The Bertz CT molecular complexity index is 999. The van der Waals surface area contributed by atoms with Gasteiger partial charge in [0.25, 0.3) is 5.91 Å². The second-order valence-electron chi connectivity index (χ2n) is 6.95. The molecule has 2 aliphatic rings. The van der Waals surface area contributed by atoms with Gasteiger partial charge in [0.05, 0.1) is 10.9 Å². The number of amides is 1. The van der Waals surface area contributed by atoms with Gasteiger partial charge in [0, 0.05) is 18.7 Å². The first kappa shape index (κ1) is 18.8. The third-order valence-corrected chi connectivity index (χ3v) is 6.94. The van der Waals surface area contributed by atoms with E-state index in [1.165, 1.54) is 16.4 Å². The molecule has 0 spiro atoms. The van der Waals surface area contributed by atoms with Crippen LogP contribution in [-0.2, 0) is 10.0 Å². The quantitative estimate of drug-likeness (QED) is 0.831.